The summed E-state index contributed by atoms with van der Waals surface area (Å²) in [7, 11) is 0. The average molecular weight is 180 g/mol. The van der Waals surface area contributed by atoms with Crippen molar-refractivity contribution in [1.82, 2.24) is 0 Å². The Kier molecular flexibility index (Phi) is 2.91. The highest BCUT2D eigenvalue weighted by molar-refractivity contribution is 5.92. The lowest BCUT2D eigenvalue weighted by atomic mass is 10.1. The lowest BCUT2D eigenvalue weighted by Gasteiger charge is -2.03. The zero-order chi connectivity index (χ0) is 10.0. The molecule has 2 nitrogen and oxygen atoms in total. The summed E-state index contributed by atoms with van der Waals surface area (Å²) in [4.78, 5) is 11.4. The second-order valence-corrected chi connectivity index (χ2v) is 3.41. The molecule has 0 saturated carbocycles. The second-order valence-electron chi connectivity index (χ2n) is 3.41. The van der Waals surface area contributed by atoms with Crippen LogP contribution < -0.4 is 0 Å². The van der Waals surface area contributed by atoms with Gasteiger partial charge in [0.15, 0.2) is 0 Å². The van der Waals surface area contributed by atoms with Gasteiger partial charge in [-0.3, -0.25) is 0 Å². The summed E-state index contributed by atoms with van der Waals surface area (Å²) in [6.45, 7) is 8.38. The van der Waals surface area contributed by atoms with E-state index in [4.69, 9.17) is 4.74 Å². The van der Waals surface area contributed by atoms with E-state index in [2.05, 4.69) is 13.8 Å². The smallest absolute Gasteiger partial charge is 0.334 e. The highest BCUT2D eigenvalue weighted by Gasteiger charge is 2.21. The van der Waals surface area contributed by atoms with E-state index in [1.807, 2.05) is 13.8 Å². The summed E-state index contributed by atoms with van der Waals surface area (Å²) < 4.78 is 4.97. The van der Waals surface area contributed by atoms with Gasteiger partial charge in [0.1, 0.15) is 0 Å². The summed E-state index contributed by atoms with van der Waals surface area (Å²) >= 11 is 0. The molecule has 0 spiro atoms. The zero-order valence-electron chi connectivity index (χ0n) is 8.73. The Balaban J connectivity index is 2.82. The predicted octanol–water partition coefficient (Wildman–Crippen LogP) is 2.61. The Bertz CT molecular complexity index is 295. The van der Waals surface area contributed by atoms with Crippen molar-refractivity contribution in [2.45, 2.75) is 34.1 Å². The van der Waals surface area contributed by atoms with Crippen LogP contribution in [0.3, 0.4) is 0 Å². The van der Waals surface area contributed by atoms with Gasteiger partial charge in [-0.25, -0.2) is 4.79 Å². The highest BCUT2D eigenvalue weighted by atomic mass is 16.5. The third kappa shape index (κ3) is 1.82. The first kappa shape index (κ1) is 10.0. The minimum absolute atomic E-state index is 0.156. The molecule has 72 valence electrons. The minimum atomic E-state index is -0.156. The molecule has 0 N–H and O–H groups in total. The van der Waals surface area contributed by atoms with E-state index in [1.165, 1.54) is 11.1 Å². The molecule has 1 aliphatic rings. The van der Waals surface area contributed by atoms with Gasteiger partial charge in [0.2, 0.25) is 0 Å². The molecule has 0 heterocycles. The van der Waals surface area contributed by atoms with Gasteiger partial charge in [-0.05, 0) is 38.8 Å². The third-order valence-corrected chi connectivity index (χ3v) is 2.62. The molecule has 0 fully saturated rings. The summed E-state index contributed by atoms with van der Waals surface area (Å²) in [6.07, 6.45) is 0.760. The molecule has 1 rings (SSSR count). The molecule has 0 saturated heterocycles. The van der Waals surface area contributed by atoms with Crippen molar-refractivity contribution >= 4 is 5.97 Å². The number of allylic oxidation sites excluding steroid dienone is 3. The Morgan fingerprint density at radius 3 is 2.31 bits per heavy atom. The minimum Gasteiger partial charge on any atom is -0.463 e. The van der Waals surface area contributed by atoms with Crippen molar-refractivity contribution in [2.24, 2.45) is 0 Å². The fourth-order valence-corrected chi connectivity index (χ4v) is 1.52. The van der Waals surface area contributed by atoms with Gasteiger partial charge in [-0.1, -0.05) is 5.57 Å². The monoisotopic (exact) mass is 180 g/mol. The number of carbonyl (C=O) groups is 1. The van der Waals surface area contributed by atoms with Gasteiger partial charge in [0.25, 0.3) is 0 Å². The van der Waals surface area contributed by atoms with Crippen molar-refractivity contribution in [3.8, 4) is 0 Å². The van der Waals surface area contributed by atoms with Gasteiger partial charge in [0, 0.05) is 12.0 Å². The van der Waals surface area contributed by atoms with Crippen LogP contribution in [0.25, 0.3) is 0 Å². The third-order valence-electron chi connectivity index (χ3n) is 2.62. The van der Waals surface area contributed by atoms with E-state index < -0.39 is 0 Å². The number of carbonyl (C=O) groups excluding carboxylic acids is 1. The van der Waals surface area contributed by atoms with Crippen molar-refractivity contribution in [3.05, 3.63) is 22.3 Å². The largest absolute Gasteiger partial charge is 0.463 e. The number of hydrogen-bond acceptors (Lipinski definition) is 2. The Hall–Kier alpha value is -1.05. The van der Waals surface area contributed by atoms with Crippen LogP contribution in [0.4, 0.5) is 0 Å². The van der Waals surface area contributed by atoms with E-state index in [0.717, 1.165) is 17.6 Å². The van der Waals surface area contributed by atoms with Gasteiger partial charge in [-0.2, -0.15) is 0 Å². The second kappa shape index (κ2) is 3.77. The SMILES string of the molecule is CCOC(=O)C1=C(C)C(C)=C(C)C1. The maximum Gasteiger partial charge on any atom is 0.334 e. The molecule has 1 aliphatic carbocycles. The van der Waals surface area contributed by atoms with Crippen molar-refractivity contribution in [1.29, 1.82) is 0 Å². The zero-order valence-corrected chi connectivity index (χ0v) is 8.73. The Labute approximate surface area is 79.3 Å². The first-order valence-electron chi connectivity index (χ1n) is 4.61. The quantitative estimate of drug-likeness (QED) is 0.610. The van der Waals surface area contributed by atoms with E-state index in [0.29, 0.717) is 6.61 Å². The van der Waals surface area contributed by atoms with Gasteiger partial charge in [-0.15, -0.1) is 0 Å². The lowest BCUT2D eigenvalue weighted by molar-refractivity contribution is -0.138. The fraction of sp³-hybridized carbons (Fsp3) is 0.545. The van der Waals surface area contributed by atoms with Crippen LogP contribution >= 0.6 is 0 Å². The molecule has 0 aromatic carbocycles. The first-order valence-corrected chi connectivity index (χ1v) is 4.61. The standard InChI is InChI=1S/C11H16O2/c1-5-13-11(12)10-6-7(2)8(3)9(10)4/h5-6H2,1-4H3. The molecule has 0 radical (unpaired) electrons. The van der Waals surface area contributed by atoms with E-state index in [-0.39, 0.29) is 5.97 Å². The summed E-state index contributed by atoms with van der Waals surface area (Å²) in [5.41, 5.74) is 4.44. The molecule has 0 amide bonds. The van der Waals surface area contributed by atoms with Crippen LogP contribution in [0.15, 0.2) is 22.3 Å². The van der Waals surface area contributed by atoms with Crippen LogP contribution in [0.2, 0.25) is 0 Å². The Morgan fingerprint density at radius 1 is 1.31 bits per heavy atom. The molecular weight excluding hydrogens is 164 g/mol. The van der Waals surface area contributed by atoms with Crippen molar-refractivity contribution < 1.29 is 9.53 Å². The molecular formula is C11H16O2. The van der Waals surface area contributed by atoms with Crippen molar-refractivity contribution in [3.63, 3.8) is 0 Å². The number of hydrogen-bond donors (Lipinski definition) is 0. The van der Waals surface area contributed by atoms with Crippen LogP contribution in [0.1, 0.15) is 34.1 Å². The molecule has 0 aromatic rings. The van der Waals surface area contributed by atoms with E-state index in [1.54, 1.807) is 0 Å². The lowest BCUT2D eigenvalue weighted by Crippen LogP contribution is -2.07. The summed E-state index contributed by atoms with van der Waals surface area (Å²) in [6, 6.07) is 0. The maximum atomic E-state index is 11.4. The first-order chi connectivity index (χ1) is 6.07. The Morgan fingerprint density at radius 2 is 1.92 bits per heavy atom. The molecule has 13 heavy (non-hydrogen) atoms. The topological polar surface area (TPSA) is 26.3 Å². The predicted molar refractivity (Wildman–Crippen MR) is 52.3 cm³/mol. The van der Waals surface area contributed by atoms with Crippen LogP contribution in [-0.4, -0.2) is 12.6 Å². The highest BCUT2D eigenvalue weighted by Crippen LogP contribution is 2.31. The van der Waals surface area contributed by atoms with Crippen molar-refractivity contribution in [2.75, 3.05) is 6.61 Å². The van der Waals surface area contributed by atoms with Gasteiger partial charge in [0.05, 0.1) is 6.61 Å². The molecule has 0 aliphatic heterocycles. The number of ether oxygens (including phenoxy) is 1. The summed E-state index contributed by atoms with van der Waals surface area (Å²) in [5, 5.41) is 0. The van der Waals surface area contributed by atoms with Gasteiger partial charge < -0.3 is 4.74 Å². The maximum absolute atomic E-state index is 11.4. The average Bonchev–Trinajstić information content (AvgIpc) is 2.33. The number of rotatable bonds is 2. The van der Waals surface area contributed by atoms with Gasteiger partial charge >= 0.3 is 5.97 Å². The van der Waals surface area contributed by atoms with Crippen LogP contribution in [-0.2, 0) is 9.53 Å². The normalized spacial score (nSPS) is 16.9. The molecule has 0 bridgehead atoms. The molecule has 0 atom stereocenters. The molecule has 0 unspecified atom stereocenters. The summed E-state index contributed by atoms with van der Waals surface area (Å²) in [5.74, 6) is -0.156. The molecule has 0 aromatic heterocycles. The van der Waals surface area contributed by atoms with E-state index in [9.17, 15) is 4.79 Å². The fourth-order valence-electron chi connectivity index (χ4n) is 1.52. The van der Waals surface area contributed by atoms with Crippen LogP contribution in [0.5, 0.6) is 0 Å². The number of esters is 1. The van der Waals surface area contributed by atoms with E-state index >= 15 is 0 Å². The molecule has 2 heteroatoms. The van der Waals surface area contributed by atoms with Crippen LogP contribution in [0, 0.1) is 0 Å².